The molecule has 0 saturated carbocycles. The van der Waals surface area contributed by atoms with Crippen LogP contribution in [0.1, 0.15) is 38.0 Å². The SMILES string of the molecule is CC(C)(C)OC(=O)N(CCc1ccc(S(=O)(=O)c2ccc(O)cc2)cc1)CC(O)c1cccc(Cl)c1. The summed E-state index contributed by atoms with van der Waals surface area (Å²) in [5.41, 5.74) is 0.686. The molecule has 0 saturated heterocycles. The molecule has 3 aromatic carbocycles. The van der Waals surface area contributed by atoms with Gasteiger partial charge in [0.25, 0.3) is 0 Å². The summed E-state index contributed by atoms with van der Waals surface area (Å²) in [7, 11) is -3.73. The van der Waals surface area contributed by atoms with E-state index in [4.69, 9.17) is 16.3 Å². The number of rotatable bonds is 8. The van der Waals surface area contributed by atoms with Gasteiger partial charge in [-0.15, -0.1) is 0 Å². The van der Waals surface area contributed by atoms with Crippen LogP contribution in [0.25, 0.3) is 0 Å². The van der Waals surface area contributed by atoms with Crippen LogP contribution in [0, 0.1) is 0 Å². The number of hydrogen-bond acceptors (Lipinski definition) is 6. The number of ether oxygens (including phenoxy) is 1. The lowest BCUT2D eigenvalue weighted by atomic mass is 10.1. The Bertz CT molecular complexity index is 1290. The van der Waals surface area contributed by atoms with E-state index in [0.717, 1.165) is 5.56 Å². The second kappa shape index (κ2) is 11.3. The molecule has 0 aliphatic heterocycles. The molecule has 1 unspecified atom stereocenters. The number of amides is 1. The molecule has 0 aromatic heterocycles. The first-order valence-electron chi connectivity index (χ1n) is 11.4. The zero-order valence-corrected chi connectivity index (χ0v) is 22.0. The average Bonchev–Trinajstić information content (AvgIpc) is 2.81. The molecule has 3 rings (SSSR count). The summed E-state index contributed by atoms with van der Waals surface area (Å²) in [5, 5.41) is 20.6. The summed E-state index contributed by atoms with van der Waals surface area (Å²) in [4.78, 5) is 14.5. The van der Waals surface area contributed by atoms with Crippen molar-refractivity contribution in [2.75, 3.05) is 13.1 Å². The summed E-state index contributed by atoms with van der Waals surface area (Å²) in [5.74, 6) is -0.0145. The van der Waals surface area contributed by atoms with Crippen LogP contribution in [-0.2, 0) is 21.0 Å². The van der Waals surface area contributed by atoms with Gasteiger partial charge in [0.15, 0.2) is 0 Å². The van der Waals surface area contributed by atoms with E-state index in [2.05, 4.69) is 0 Å². The Balaban J connectivity index is 1.73. The Kier molecular flexibility index (Phi) is 8.66. The van der Waals surface area contributed by atoms with Crippen molar-refractivity contribution in [3.05, 3.63) is 88.9 Å². The number of carbonyl (C=O) groups is 1. The first kappa shape index (κ1) is 27.5. The highest BCUT2D eigenvalue weighted by Gasteiger charge is 2.25. The molecular weight excluding hydrogens is 502 g/mol. The van der Waals surface area contributed by atoms with Crippen molar-refractivity contribution < 1.29 is 28.2 Å². The maximum atomic E-state index is 12.8. The van der Waals surface area contributed by atoms with Crippen LogP contribution in [0.3, 0.4) is 0 Å². The highest BCUT2D eigenvalue weighted by Crippen LogP contribution is 2.24. The Morgan fingerprint density at radius 2 is 1.58 bits per heavy atom. The zero-order valence-electron chi connectivity index (χ0n) is 20.4. The number of hydrogen-bond donors (Lipinski definition) is 2. The number of sulfone groups is 1. The van der Waals surface area contributed by atoms with Crippen LogP contribution >= 0.6 is 11.6 Å². The second-order valence-electron chi connectivity index (χ2n) is 9.39. The summed E-state index contributed by atoms with van der Waals surface area (Å²) in [6.07, 6.45) is -1.11. The first-order chi connectivity index (χ1) is 16.8. The largest absolute Gasteiger partial charge is 0.508 e. The Hall–Kier alpha value is -3.07. The Morgan fingerprint density at radius 1 is 1.00 bits per heavy atom. The van der Waals surface area contributed by atoms with Gasteiger partial charge in [-0.25, -0.2) is 13.2 Å². The minimum absolute atomic E-state index is 0.00255. The van der Waals surface area contributed by atoms with Gasteiger partial charge in [-0.2, -0.15) is 0 Å². The van der Waals surface area contributed by atoms with Gasteiger partial charge in [0.05, 0.1) is 22.4 Å². The van der Waals surface area contributed by atoms with Crippen molar-refractivity contribution in [3.8, 4) is 5.75 Å². The third kappa shape index (κ3) is 7.46. The van der Waals surface area contributed by atoms with E-state index in [0.29, 0.717) is 17.0 Å². The van der Waals surface area contributed by atoms with Crippen LogP contribution < -0.4 is 0 Å². The molecule has 7 nitrogen and oxygen atoms in total. The van der Waals surface area contributed by atoms with Gasteiger partial charge in [0.2, 0.25) is 9.84 Å². The molecule has 0 fully saturated rings. The van der Waals surface area contributed by atoms with E-state index in [9.17, 15) is 23.4 Å². The van der Waals surface area contributed by atoms with Crippen molar-refractivity contribution in [3.63, 3.8) is 0 Å². The van der Waals surface area contributed by atoms with E-state index in [1.54, 1.807) is 57.2 Å². The minimum atomic E-state index is -3.73. The van der Waals surface area contributed by atoms with Gasteiger partial charge < -0.3 is 19.8 Å². The van der Waals surface area contributed by atoms with Gasteiger partial charge in [-0.3, -0.25) is 0 Å². The highest BCUT2D eigenvalue weighted by atomic mass is 35.5. The molecule has 0 aliphatic rings. The topological polar surface area (TPSA) is 104 Å². The summed E-state index contributed by atoms with van der Waals surface area (Å²) < 4.78 is 31.2. The fraction of sp³-hybridized carbons (Fsp3) is 0.296. The Labute approximate surface area is 216 Å². The normalized spacial score (nSPS) is 12.7. The van der Waals surface area contributed by atoms with Crippen LogP contribution in [-0.4, -0.2) is 48.3 Å². The van der Waals surface area contributed by atoms with Crippen molar-refractivity contribution in [1.29, 1.82) is 0 Å². The third-order valence-corrected chi connectivity index (χ3v) is 7.35. The highest BCUT2D eigenvalue weighted by molar-refractivity contribution is 7.91. The molecule has 0 spiro atoms. The minimum Gasteiger partial charge on any atom is -0.508 e. The monoisotopic (exact) mass is 531 g/mol. The fourth-order valence-corrected chi connectivity index (χ4v) is 4.93. The lowest BCUT2D eigenvalue weighted by molar-refractivity contribution is 0.0147. The van der Waals surface area contributed by atoms with Crippen molar-refractivity contribution in [2.45, 2.75) is 48.7 Å². The summed E-state index contributed by atoms with van der Waals surface area (Å²) >= 11 is 6.04. The van der Waals surface area contributed by atoms with Crippen LogP contribution in [0.4, 0.5) is 4.79 Å². The summed E-state index contributed by atoms with van der Waals surface area (Å²) in [6.45, 7) is 5.55. The number of carbonyl (C=O) groups excluding carboxylic acids is 1. The van der Waals surface area contributed by atoms with E-state index in [-0.39, 0.29) is 28.6 Å². The average molecular weight is 532 g/mol. The molecule has 0 aliphatic carbocycles. The molecule has 0 bridgehead atoms. The molecule has 192 valence electrons. The first-order valence-corrected chi connectivity index (χ1v) is 13.3. The number of nitrogens with zero attached hydrogens (tertiary/aromatic N) is 1. The number of aliphatic hydroxyl groups is 1. The number of halogens is 1. The number of aliphatic hydroxyl groups excluding tert-OH is 1. The number of aromatic hydroxyl groups is 1. The molecule has 1 atom stereocenters. The molecule has 2 N–H and O–H groups in total. The van der Waals surface area contributed by atoms with E-state index >= 15 is 0 Å². The van der Waals surface area contributed by atoms with Crippen molar-refractivity contribution in [1.82, 2.24) is 4.90 Å². The van der Waals surface area contributed by atoms with E-state index in [1.807, 2.05) is 0 Å². The maximum Gasteiger partial charge on any atom is 0.410 e. The van der Waals surface area contributed by atoms with E-state index in [1.165, 1.54) is 41.3 Å². The number of phenols is 1. The number of phenolic OH excluding ortho intramolecular Hbond substituents is 1. The van der Waals surface area contributed by atoms with E-state index < -0.39 is 27.6 Å². The quantitative estimate of drug-likeness (QED) is 0.404. The second-order valence-corrected chi connectivity index (χ2v) is 11.8. The molecule has 0 heterocycles. The zero-order chi connectivity index (χ0) is 26.5. The van der Waals surface area contributed by atoms with Gasteiger partial charge in [-0.05, 0) is 86.8 Å². The predicted octanol–water partition coefficient (Wildman–Crippen LogP) is 5.39. The van der Waals surface area contributed by atoms with Gasteiger partial charge in [-0.1, -0.05) is 35.9 Å². The van der Waals surface area contributed by atoms with Crippen LogP contribution in [0.15, 0.2) is 82.6 Å². The molecule has 9 heteroatoms. The van der Waals surface area contributed by atoms with Crippen molar-refractivity contribution in [2.24, 2.45) is 0 Å². The fourth-order valence-electron chi connectivity index (χ4n) is 3.47. The van der Waals surface area contributed by atoms with Gasteiger partial charge >= 0.3 is 6.09 Å². The molecule has 1 amide bonds. The lowest BCUT2D eigenvalue weighted by Gasteiger charge is -2.29. The lowest BCUT2D eigenvalue weighted by Crippen LogP contribution is -2.40. The molecule has 36 heavy (non-hydrogen) atoms. The predicted molar refractivity (Wildman–Crippen MR) is 138 cm³/mol. The number of benzene rings is 3. The van der Waals surface area contributed by atoms with Gasteiger partial charge in [0, 0.05) is 11.6 Å². The standard InChI is InChI=1S/C27H30ClNO6S/c1-27(2,3)35-26(32)29(18-25(31)20-5-4-6-21(28)17-20)16-15-19-7-11-23(12-8-19)36(33,34)24-13-9-22(30)10-14-24/h4-14,17,25,30-31H,15-16,18H2,1-3H3. The molecule has 3 aromatic rings. The smallest absolute Gasteiger partial charge is 0.410 e. The van der Waals surface area contributed by atoms with Crippen molar-refractivity contribution >= 4 is 27.5 Å². The van der Waals surface area contributed by atoms with Crippen LogP contribution in [0.2, 0.25) is 5.02 Å². The molecular formula is C27H30ClNO6S. The Morgan fingerprint density at radius 3 is 2.14 bits per heavy atom. The van der Waals surface area contributed by atoms with Crippen LogP contribution in [0.5, 0.6) is 5.75 Å². The maximum absolute atomic E-state index is 12.8. The molecule has 0 radical (unpaired) electrons. The third-order valence-electron chi connectivity index (χ3n) is 5.33. The van der Waals surface area contributed by atoms with Gasteiger partial charge in [0.1, 0.15) is 11.4 Å². The summed E-state index contributed by atoms with van der Waals surface area (Å²) in [6, 6.07) is 18.6.